The Bertz CT molecular complexity index is 841. The van der Waals surface area contributed by atoms with Crippen LogP contribution in [-0.4, -0.2) is 26.8 Å². The van der Waals surface area contributed by atoms with Gasteiger partial charge in [-0.25, -0.2) is 4.98 Å². The molecule has 128 valence electrons. The van der Waals surface area contributed by atoms with Crippen molar-refractivity contribution < 1.29 is 4.79 Å². The van der Waals surface area contributed by atoms with Crippen LogP contribution in [-0.2, 0) is 11.2 Å². The normalized spacial score (nSPS) is 10.6. The highest BCUT2D eigenvalue weighted by Gasteiger charge is 2.09. The lowest BCUT2D eigenvalue weighted by Gasteiger charge is -2.04. The molecule has 0 aliphatic heterocycles. The summed E-state index contributed by atoms with van der Waals surface area (Å²) in [5, 5.41) is 10.5. The molecule has 0 atom stereocenters. The van der Waals surface area contributed by atoms with E-state index in [1.807, 2.05) is 55.5 Å². The van der Waals surface area contributed by atoms with Crippen LogP contribution in [0.4, 0.5) is 5.69 Å². The van der Waals surface area contributed by atoms with Crippen molar-refractivity contribution in [2.45, 2.75) is 25.4 Å². The third kappa shape index (κ3) is 4.70. The second kappa shape index (κ2) is 7.98. The van der Waals surface area contributed by atoms with Crippen molar-refractivity contribution in [1.82, 2.24) is 15.2 Å². The molecule has 25 heavy (non-hydrogen) atoms. The van der Waals surface area contributed by atoms with Gasteiger partial charge in [-0.2, -0.15) is 0 Å². The lowest BCUT2D eigenvalue weighted by molar-refractivity contribution is -0.113. The molecule has 0 aliphatic carbocycles. The minimum Gasteiger partial charge on any atom is -0.325 e. The van der Waals surface area contributed by atoms with Crippen molar-refractivity contribution in [2.75, 3.05) is 11.1 Å². The van der Waals surface area contributed by atoms with Crippen LogP contribution in [0.5, 0.6) is 0 Å². The molecule has 0 radical (unpaired) electrons. The molecule has 0 saturated heterocycles. The molecule has 1 heterocycles. The summed E-state index contributed by atoms with van der Waals surface area (Å²) in [6, 6.07) is 15.9. The first-order chi connectivity index (χ1) is 12.1. The number of thioether (sulfide) groups is 1. The summed E-state index contributed by atoms with van der Waals surface area (Å²) in [5.41, 5.74) is 4.22. The van der Waals surface area contributed by atoms with Gasteiger partial charge in [0.25, 0.3) is 0 Å². The number of aromatic amines is 1. The van der Waals surface area contributed by atoms with Crippen molar-refractivity contribution >= 4 is 23.4 Å². The van der Waals surface area contributed by atoms with E-state index in [0.29, 0.717) is 11.0 Å². The Kier molecular flexibility index (Phi) is 5.50. The monoisotopic (exact) mass is 352 g/mol. The number of anilines is 1. The van der Waals surface area contributed by atoms with E-state index in [2.05, 4.69) is 27.4 Å². The van der Waals surface area contributed by atoms with Gasteiger partial charge in [-0.3, -0.25) is 9.89 Å². The van der Waals surface area contributed by atoms with Gasteiger partial charge in [0, 0.05) is 11.3 Å². The van der Waals surface area contributed by atoms with Crippen LogP contribution in [0.3, 0.4) is 0 Å². The van der Waals surface area contributed by atoms with Gasteiger partial charge in [0.05, 0.1) is 5.75 Å². The van der Waals surface area contributed by atoms with E-state index in [-0.39, 0.29) is 11.7 Å². The summed E-state index contributed by atoms with van der Waals surface area (Å²) in [6.45, 7) is 4.14. The number of aryl methyl sites for hydroxylation is 2. The van der Waals surface area contributed by atoms with Crippen LogP contribution in [0, 0.1) is 6.92 Å². The number of rotatable bonds is 6. The molecule has 0 bridgehead atoms. The van der Waals surface area contributed by atoms with Crippen LogP contribution in [0.2, 0.25) is 0 Å². The van der Waals surface area contributed by atoms with Gasteiger partial charge in [-0.1, -0.05) is 60.6 Å². The van der Waals surface area contributed by atoms with E-state index in [0.717, 1.165) is 17.7 Å². The van der Waals surface area contributed by atoms with Gasteiger partial charge in [0.2, 0.25) is 11.1 Å². The Morgan fingerprint density at radius 3 is 2.52 bits per heavy atom. The third-order valence-corrected chi connectivity index (χ3v) is 4.62. The molecule has 0 fully saturated rings. The molecule has 1 aromatic heterocycles. The number of hydrogen-bond acceptors (Lipinski definition) is 4. The number of nitrogens with zero attached hydrogens (tertiary/aromatic N) is 2. The van der Waals surface area contributed by atoms with Crippen LogP contribution in [0.15, 0.2) is 53.7 Å². The van der Waals surface area contributed by atoms with Crippen LogP contribution in [0.1, 0.15) is 18.1 Å². The van der Waals surface area contributed by atoms with Crippen molar-refractivity contribution in [3.63, 3.8) is 0 Å². The maximum atomic E-state index is 12.1. The van der Waals surface area contributed by atoms with Crippen molar-refractivity contribution in [1.29, 1.82) is 0 Å². The fourth-order valence-corrected chi connectivity index (χ4v) is 2.90. The summed E-state index contributed by atoms with van der Waals surface area (Å²) in [5.74, 6) is 0.898. The van der Waals surface area contributed by atoms with Crippen LogP contribution < -0.4 is 5.32 Å². The highest BCUT2D eigenvalue weighted by Crippen LogP contribution is 2.20. The van der Waals surface area contributed by atoms with Gasteiger partial charge in [0.15, 0.2) is 5.82 Å². The number of carbonyl (C=O) groups is 1. The fraction of sp³-hybridized carbons (Fsp3) is 0.211. The molecule has 0 aliphatic rings. The van der Waals surface area contributed by atoms with E-state index in [1.165, 1.54) is 22.9 Å². The predicted octanol–water partition coefficient (Wildman–Crippen LogP) is 4.07. The summed E-state index contributed by atoms with van der Waals surface area (Å²) in [6.07, 6.45) is 0.984. The first-order valence-electron chi connectivity index (χ1n) is 8.15. The summed E-state index contributed by atoms with van der Waals surface area (Å²) in [4.78, 5) is 16.5. The second-order valence-corrected chi connectivity index (χ2v) is 6.66. The molecule has 0 saturated carbocycles. The zero-order chi connectivity index (χ0) is 17.6. The molecule has 5 nitrogen and oxygen atoms in total. The quantitative estimate of drug-likeness (QED) is 0.656. The second-order valence-electron chi connectivity index (χ2n) is 5.72. The topological polar surface area (TPSA) is 70.7 Å². The largest absolute Gasteiger partial charge is 0.325 e. The summed E-state index contributed by atoms with van der Waals surface area (Å²) >= 11 is 1.31. The Labute approximate surface area is 151 Å². The first-order valence-corrected chi connectivity index (χ1v) is 9.13. The molecule has 3 aromatic rings. The molecule has 2 aromatic carbocycles. The number of amides is 1. The summed E-state index contributed by atoms with van der Waals surface area (Å²) in [7, 11) is 0. The lowest BCUT2D eigenvalue weighted by Crippen LogP contribution is -2.14. The van der Waals surface area contributed by atoms with Crippen LogP contribution in [0.25, 0.3) is 11.4 Å². The number of aromatic nitrogens is 3. The standard InChI is InChI=1S/C19H20N4OS/c1-3-14-6-10-16(11-7-14)20-17(24)12-25-19-21-18(22-23-19)15-8-4-13(2)5-9-15/h4-11H,3,12H2,1-2H3,(H,20,24)(H,21,22,23). The van der Waals surface area contributed by atoms with E-state index in [9.17, 15) is 4.79 Å². The SMILES string of the molecule is CCc1ccc(NC(=O)CSc2n[nH]c(-c3ccc(C)cc3)n2)cc1. The Morgan fingerprint density at radius 2 is 1.84 bits per heavy atom. The molecule has 0 unspecified atom stereocenters. The molecular formula is C19H20N4OS. The summed E-state index contributed by atoms with van der Waals surface area (Å²) < 4.78 is 0. The number of carbonyl (C=O) groups excluding carboxylic acids is 1. The molecule has 3 rings (SSSR count). The zero-order valence-electron chi connectivity index (χ0n) is 14.2. The van der Waals surface area contributed by atoms with Crippen molar-refractivity contribution in [3.8, 4) is 11.4 Å². The average molecular weight is 352 g/mol. The molecule has 6 heteroatoms. The third-order valence-electron chi connectivity index (χ3n) is 3.77. The van der Waals surface area contributed by atoms with E-state index in [4.69, 9.17) is 0 Å². The highest BCUT2D eigenvalue weighted by molar-refractivity contribution is 7.99. The predicted molar refractivity (Wildman–Crippen MR) is 102 cm³/mol. The molecular weight excluding hydrogens is 332 g/mol. The lowest BCUT2D eigenvalue weighted by atomic mass is 10.1. The van der Waals surface area contributed by atoms with Gasteiger partial charge in [-0.05, 0) is 31.0 Å². The fourth-order valence-electron chi connectivity index (χ4n) is 2.30. The Hall–Kier alpha value is -2.60. The Morgan fingerprint density at radius 1 is 1.12 bits per heavy atom. The highest BCUT2D eigenvalue weighted by atomic mass is 32.2. The van der Waals surface area contributed by atoms with Gasteiger partial charge in [-0.15, -0.1) is 5.10 Å². The molecule has 2 N–H and O–H groups in total. The van der Waals surface area contributed by atoms with E-state index >= 15 is 0 Å². The molecule has 1 amide bonds. The van der Waals surface area contributed by atoms with Gasteiger partial charge in [0.1, 0.15) is 0 Å². The van der Waals surface area contributed by atoms with E-state index in [1.54, 1.807) is 0 Å². The zero-order valence-corrected chi connectivity index (χ0v) is 15.1. The number of H-pyrrole nitrogens is 1. The maximum absolute atomic E-state index is 12.1. The van der Waals surface area contributed by atoms with Crippen LogP contribution >= 0.6 is 11.8 Å². The average Bonchev–Trinajstić information content (AvgIpc) is 3.10. The Balaban J connectivity index is 1.54. The number of hydrogen-bond donors (Lipinski definition) is 2. The first kappa shape index (κ1) is 17.2. The van der Waals surface area contributed by atoms with Crippen molar-refractivity contribution in [3.05, 3.63) is 59.7 Å². The van der Waals surface area contributed by atoms with Crippen molar-refractivity contribution in [2.24, 2.45) is 0 Å². The van der Waals surface area contributed by atoms with E-state index < -0.39 is 0 Å². The smallest absolute Gasteiger partial charge is 0.234 e. The minimum atomic E-state index is -0.0732. The van der Waals surface area contributed by atoms with Gasteiger partial charge < -0.3 is 5.32 Å². The number of benzene rings is 2. The molecule has 0 spiro atoms. The number of nitrogens with one attached hydrogen (secondary N) is 2. The maximum Gasteiger partial charge on any atom is 0.234 e. The van der Waals surface area contributed by atoms with Gasteiger partial charge >= 0.3 is 0 Å². The minimum absolute atomic E-state index is 0.0732.